The van der Waals surface area contributed by atoms with E-state index in [4.69, 9.17) is 9.40 Å². The van der Waals surface area contributed by atoms with Gasteiger partial charge in [-0.2, -0.15) is 0 Å². The SMILES string of the molecule is Cc1ccc2c(oc3nc(C4CC5CCC4C5)ccc32)c1-c1cccc[n+]1C. The molecular formula is C25H25N2O+. The van der Waals surface area contributed by atoms with Crippen molar-refractivity contribution < 1.29 is 8.98 Å². The number of furan rings is 1. The molecule has 3 atom stereocenters. The third-order valence-corrected chi connectivity index (χ3v) is 7.17. The molecule has 3 nitrogen and oxygen atoms in total. The Morgan fingerprint density at radius 2 is 1.89 bits per heavy atom. The molecule has 2 aliphatic carbocycles. The van der Waals surface area contributed by atoms with E-state index in [1.165, 1.54) is 42.5 Å². The molecule has 3 heterocycles. The highest BCUT2D eigenvalue weighted by Gasteiger charge is 2.41. The normalized spacial score (nSPS) is 23.9. The fraction of sp³-hybridized carbons (Fsp3) is 0.360. The van der Waals surface area contributed by atoms with Crippen molar-refractivity contribution in [3.63, 3.8) is 0 Å². The number of aromatic nitrogens is 2. The molecule has 2 aliphatic rings. The van der Waals surface area contributed by atoms with Crippen molar-refractivity contribution in [2.45, 2.75) is 38.5 Å². The Balaban J connectivity index is 1.55. The summed E-state index contributed by atoms with van der Waals surface area (Å²) in [5.41, 5.74) is 6.54. The minimum absolute atomic E-state index is 0.629. The second kappa shape index (κ2) is 5.91. The molecule has 4 aromatic rings. The second-order valence-electron chi connectivity index (χ2n) is 8.80. The lowest BCUT2D eigenvalue weighted by molar-refractivity contribution is -0.660. The van der Waals surface area contributed by atoms with Gasteiger partial charge in [0.25, 0.3) is 0 Å². The summed E-state index contributed by atoms with van der Waals surface area (Å²) in [7, 11) is 2.09. The monoisotopic (exact) mass is 369 g/mol. The standard InChI is InChI=1S/C25H25N2O/c1-15-6-9-18-19-10-11-21(20-14-16-7-8-17(20)13-16)26-25(19)28-24(18)23(15)22-5-3-4-12-27(22)2/h3-6,9-12,16-17,20H,7-8,13-14H2,1-2H3/q+1. The quantitative estimate of drug-likeness (QED) is 0.425. The van der Waals surface area contributed by atoms with Crippen molar-refractivity contribution in [1.29, 1.82) is 0 Å². The molecular weight excluding hydrogens is 344 g/mol. The van der Waals surface area contributed by atoms with Gasteiger partial charge in [0, 0.05) is 34.5 Å². The molecule has 0 spiro atoms. The Labute approximate surface area is 165 Å². The highest BCUT2D eigenvalue weighted by atomic mass is 16.3. The number of fused-ring (bicyclic) bond motifs is 5. The van der Waals surface area contributed by atoms with E-state index in [0.717, 1.165) is 39.6 Å². The van der Waals surface area contributed by atoms with Gasteiger partial charge in [0.05, 0.1) is 5.56 Å². The van der Waals surface area contributed by atoms with Crippen LogP contribution in [0.15, 0.2) is 53.1 Å². The van der Waals surface area contributed by atoms with Crippen LogP contribution in [0.5, 0.6) is 0 Å². The van der Waals surface area contributed by atoms with Gasteiger partial charge in [-0.05, 0) is 61.8 Å². The van der Waals surface area contributed by atoms with Crippen LogP contribution < -0.4 is 4.57 Å². The first-order chi connectivity index (χ1) is 13.7. The highest BCUT2D eigenvalue weighted by molar-refractivity contribution is 6.08. The lowest BCUT2D eigenvalue weighted by atomic mass is 9.86. The Morgan fingerprint density at radius 1 is 1.00 bits per heavy atom. The molecule has 6 rings (SSSR count). The zero-order valence-electron chi connectivity index (χ0n) is 16.5. The van der Waals surface area contributed by atoms with Crippen molar-refractivity contribution in [1.82, 2.24) is 4.98 Å². The second-order valence-corrected chi connectivity index (χ2v) is 8.80. The molecule has 140 valence electrons. The van der Waals surface area contributed by atoms with Gasteiger partial charge < -0.3 is 4.42 Å². The summed E-state index contributed by atoms with van der Waals surface area (Å²) in [4.78, 5) is 5.03. The van der Waals surface area contributed by atoms with Gasteiger partial charge >= 0.3 is 0 Å². The van der Waals surface area contributed by atoms with E-state index in [1.54, 1.807) is 0 Å². The average molecular weight is 369 g/mol. The smallest absolute Gasteiger partial charge is 0.227 e. The molecule has 2 saturated carbocycles. The maximum absolute atomic E-state index is 6.43. The Morgan fingerprint density at radius 3 is 2.68 bits per heavy atom. The Hall–Kier alpha value is -2.68. The predicted molar refractivity (Wildman–Crippen MR) is 111 cm³/mol. The maximum Gasteiger partial charge on any atom is 0.227 e. The van der Waals surface area contributed by atoms with E-state index < -0.39 is 0 Å². The molecule has 28 heavy (non-hydrogen) atoms. The zero-order chi connectivity index (χ0) is 18.8. The van der Waals surface area contributed by atoms with E-state index in [9.17, 15) is 0 Å². The molecule has 0 aliphatic heterocycles. The van der Waals surface area contributed by atoms with Crippen molar-refractivity contribution >= 4 is 22.1 Å². The van der Waals surface area contributed by atoms with Gasteiger partial charge in [-0.15, -0.1) is 0 Å². The van der Waals surface area contributed by atoms with E-state index in [1.807, 2.05) is 0 Å². The summed E-state index contributed by atoms with van der Waals surface area (Å²) in [6.45, 7) is 2.16. The van der Waals surface area contributed by atoms with Crippen LogP contribution in [-0.2, 0) is 7.05 Å². The first-order valence-corrected chi connectivity index (χ1v) is 10.5. The van der Waals surface area contributed by atoms with Crippen LogP contribution in [0.2, 0.25) is 0 Å². The first kappa shape index (κ1) is 16.3. The summed E-state index contributed by atoms with van der Waals surface area (Å²) >= 11 is 0. The molecule has 3 unspecified atom stereocenters. The van der Waals surface area contributed by atoms with E-state index in [2.05, 4.69) is 67.2 Å². The lowest BCUT2D eigenvalue weighted by Crippen LogP contribution is -2.30. The van der Waals surface area contributed by atoms with Crippen LogP contribution in [0.3, 0.4) is 0 Å². The van der Waals surface area contributed by atoms with Gasteiger partial charge in [-0.25, -0.2) is 9.55 Å². The minimum atomic E-state index is 0.629. The third-order valence-electron chi connectivity index (χ3n) is 7.17. The van der Waals surface area contributed by atoms with Crippen LogP contribution in [0.4, 0.5) is 0 Å². The maximum atomic E-state index is 6.43. The highest BCUT2D eigenvalue weighted by Crippen LogP contribution is 2.52. The van der Waals surface area contributed by atoms with Crippen molar-refractivity contribution in [2.24, 2.45) is 18.9 Å². The third kappa shape index (κ3) is 2.28. The van der Waals surface area contributed by atoms with Crippen molar-refractivity contribution in [3.05, 3.63) is 59.9 Å². The molecule has 3 heteroatoms. The molecule has 0 saturated heterocycles. The first-order valence-electron chi connectivity index (χ1n) is 10.5. The van der Waals surface area contributed by atoms with Crippen LogP contribution in [0, 0.1) is 18.8 Å². The van der Waals surface area contributed by atoms with Gasteiger partial charge in [-0.1, -0.05) is 18.6 Å². The lowest BCUT2D eigenvalue weighted by Gasteiger charge is -2.20. The van der Waals surface area contributed by atoms with Crippen LogP contribution in [-0.4, -0.2) is 4.98 Å². The molecule has 2 fully saturated rings. The number of rotatable bonds is 2. The molecule has 3 aromatic heterocycles. The van der Waals surface area contributed by atoms with Crippen molar-refractivity contribution in [3.8, 4) is 11.3 Å². The largest absolute Gasteiger partial charge is 0.437 e. The van der Waals surface area contributed by atoms with Crippen LogP contribution in [0.1, 0.15) is 42.9 Å². The summed E-state index contributed by atoms with van der Waals surface area (Å²) in [6.07, 6.45) is 7.60. The number of benzene rings is 1. The van der Waals surface area contributed by atoms with Gasteiger partial charge in [-0.3, -0.25) is 0 Å². The number of hydrogen-bond acceptors (Lipinski definition) is 2. The summed E-state index contributed by atoms with van der Waals surface area (Å²) in [6, 6.07) is 15.2. The van der Waals surface area contributed by atoms with Gasteiger partial charge in [0.15, 0.2) is 11.8 Å². The van der Waals surface area contributed by atoms with E-state index in [-0.39, 0.29) is 0 Å². The Kier molecular flexibility index (Phi) is 3.44. The molecule has 1 aromatic carbocycles. The van der Waals surface area contributed by atoms with Gasteiger partial charge in [0.1, 0.15) is 7.05 Å². The predicted octanol–water partition coefficient (Wildman–Crippen LogP) is 5.68. The van der Waals surface area contributed by atoms with E-state index >= 15 is 0 Å². The minimum Gasteiger partial charge on any atom is -0.437 e. The van der Waals surface area contributed by atoms with Gasteiger partial charge in [0.2, 0.25) is 11.4 Å². The number of aryl methyl sites for hydroxylation is 2. The summed E-state index contributed by atoms with van der Waals surface area (Å²) < 4.78 is 8.59. The fourth-order valence-corrected chi connectivity index (χ4v) is 5.75. The molecule has 0 N–H and O–H groups in total. The van der Waals surface area contributed by atoms with E-state index in [0.29, 0.717) is 5.92 Å². The Bertz CT molecular complexity index is 1220. The topological polar surface area (TPSA) is 29.9 Å². The average Bonchev–Trinajstić information content (AvgIpc) is 3.42. The van der Waals surface area contributed by atoms with Crippen molar-refractivity contribution in [2.75, 3.05) is 0 Å². The summed E-state index contributed by atoms with van der Waals surface area (Å²) in [5, 5.41) is 2.29. The van der Waals surface area contributed by atoms with Crippen LogP contribution >= 0.6 is 0 Å². The number of pyridine rings is 2. The molecule has 2 bridgehead atoms. The number of nitrogens with zero attached hydrogens (tertiary/aromatic N) is 2. The molecule has 0 amide bonds. The summed E-state index contributed by atoms with van der Waals surface area (Å²) in [5.74, 6) is 2.39. The van der Waals surface area contributed by atoms with Crippen LogP contribution in [0.25, 0.3) is 33.3 Å². The molecule has 0 radical (unpaired) electrons. The fourth-order valence-electron chi connectivity index (χ4n) is 5.75. The number of hydrogen-bond donors (Lipinski definition) is 0. The zero-order valence-corrected chi connectivity index (χ0v) is 16.5.